The van der Waals surface area contributed by atoms with Crippen LogP contribution in [0.25, 0.3) is 0 Å². The van der Waals surface area contributed by atoms with Gasteiger partial charge in [0, 0.05) is 29.6 Å². The summed E-state index contributed by atoms with van der Waals surface area (Å²) in [4.78, 5) is 29.6. The van der Waals surface area contributed by atoms with Crippen LogP contribution in [0.1, 0.15) is 30.9 Å². The molecule has 4 aromatic carbocycles. The minimum atomic E-state index is -4.19. The van der Waals surface area contributed by atoms with E-state index in [0.717, 1.165) is 28.3 Å². The van der Waals surface area contributed by atoms with E-state index in [-0.39, 0.29) is 29.5 Å². The molecule has 0 radical (unpaired) electrons. The number of amides is 2. The van der Waals surface area contributed by atoms with Gasteiger partial charge in [-0.1, -0.05) is 103 Å². The van der Waals surface area contributed by atoms with E-state index < -0.39 is 28.5 Å². The molecular formula is C34H35Cl2N3O4S. The van der Waals surface area contributed by atoms with Gasteiger partial charge in [0.2, 0.25) is 11.8 Å². The van der Waals surface area contributed by atoms with Crippen molar-refractivity contribution in [2.24, 2.45) is 0 Å². The van der Waals surface area contributed by atoms with Crippen LogP contribution in [-0.4, -0.2) is 44.3 Å². The van der Waals surface area contributed by atoms with Gasteiger partial charge in [0.1, 0.15) is 12.6 Å². The lowest BCUT2D eigenvalue weighted by atomic mass is 10.0. The molecule has 44 heavy (non-hydrogen) atoms. The zero-order chi connectivity index (χ0) is 31.5. The van der Waals surface area contributed by atoms with E-state index in [1.165, 1.54) is 23.1 Å². The highest BCUT2D eigenvalue weighted by Gasteiger charge is 2.34. The van der Waals surface area contributed by atoms with Crippen molar-refractivity contribution in [3.8, 4) is 0 Å². The highest BCUT2D eigenvalue weighted by Crippen LogP contribution is 2.27. The fourth-order valence-electron chi connectivity index (χ4n) is 4.73. The maximum atomic E-state index is 14.4. The van der Waals surface area contributed by atoms with Crippen molar-refractivity contribution >= 4 is 50.7 Å². The fraction of sp³-hybridized carbons (Fsp3) is 0.235. The molecule has 0 aliphatic rings. The summed E-state index contributed by atoms with van der Waals surface area (Å²) < 4.78 is 29.0. The van der Waals surface area contributed by atoms with E-state index in [0.29, 0.717) is 16.6 Å². The summed E-state index contributed by atoms with van der Waals surface area (Å²) in [5, 5.41) is 3.83. The van der Waals surface area contributed by atoms with E-state index >= 15 is 0 Å². The first-order chi connectivity index (χ1) is 21.2. The summed E-state index contributed by atoms with van der Waals surface area (Å²) in [5.74, 6) is -0.865. The summed E-state index contributed by atoms with van der Waals surface area (Å²) in [6, 6.07) is 29.7. The molecular weight excluding hydrogens is 617 g/mol. The number of unbranched alkanes of at least 4 members (excludes halogenated alkanes) is 1. The summed E-state index contributed by atoms with van der Waals surface area (Å²) >= 11 is 12.4. The van der Waals surface area contributed by atoms with E-state index in [2.05, 4.69) is 5.32 Å². The number of benzene rings is 4. The smallest absolute Gasteiger partial charge is 0.264 e. The summed E-state index contributed by atoms with van der Waals surface area (Å²) in [6.07, 6.45) is 1.91. The second-order valence-corrected chi connectivity index (χ2v) is 13.0. The zero-order valence-corrected chi connectivity index (χ0v) is 26.7. The lowest BCUT2D eigenvalue weighted by Gasteiger charge is -2.34. The van der Waals surface area contributed by atoms with Crippen molar-refractivity contribution in [1.82, 2.24) is 10.2 Å². The molecule has 0 saturated carbocycles. The van der Waals surface area contributed by atoms with Gasteiger partial charge >= 0.3 is 0 Å². The normalized spacial score (nSPS) is 11.9. The van der Waals surface area contributed by atoms with Crippen LogP contribution in [0.15, 0.2) is 114 Å². The molecule has 0 fully saturated rings. The third-order valence-electron chi connectivity index (χ3n) is 7.07. The second kappa shape index (κ2) is 15.7. The van der Waals surface area contributed by atoms with E-state index in [4.69, 9.17) is 23.2 Å². The molecule has 0 heterocycles. The molecule has 7 nitrogen and oxygen atoms in total. The Morgan fingerprint density at radius 2 is 1.45 bits per heavy atom. The molecule has 2 amide bonds. The van der Waals surface area contributed by atoms with Crippen LogP contribution >= 0.6 is 23.2 Å². The largest absolute Gasteiger partial charge is 0.354 e. The molecule has 0 saturated heterocycles. The van der Waals surface area contributed by atoms with Crippen LogP contribution in [0.4, 0.5) is 5.69 Å². The van der Waals surface area contributed by atoms with Crippen molar-refractivity contribution in [2.45, 2.75) is 43.7 Å². The number of anilines is 1. The lowest BCUT2D eigenvalue weighted by molar-refractivity contribution is -0.140. The Bertz CT molecular complexity index is 1640. The number of nitrogens with zero attached hydrogens (tertiary/aromatic N) is 2. The molecule has 0 aliphatic heterocycles. The monoisotopic (exact) mass is 651 g/mol. The van der Waals surface area contributed by atoms with Crippen LogP contribution in [0.2, 0.25) is 10.0 Å². The fourth-order valence-corrected chi connectivity index (χ4v) is 6.46. The van der Waals surface area contributed by atoms with Crippen molar-refractivity contribution in [1.29, 1.82) is 0 Å². The van der Waals surface area contributed by atoms with Gasteiger partial charge < -0.3 is 10.2 Å². The van der Waals surface area contributed by atoms with Crippen LogP contribution in [0, 0.1) is 0 Å². The Labute approximate surface area is 269 Å². The third kappa shape index (κ3) is 8.85. The van der Waals surface area contributed by atoms with Crippen LogP contribution < -0.4 is 9.62 Å². The maximum Gasteiger partial charge on any atom is 0.264 e. The molecule has 0 spiro atoms. The number of rotatable bonds is 14. The highest BCUT2D eigenvalue weighted by molar-refractivity contribution is 7.92. The standard InChI is InChI=1S/C34H35Cl2N3O4S/c1-2-3-21-37-34(41)32(22-26-11-6-4-7-12-26)38(24-27-17-19-28(35)20-18-27)33(40)25-39(30-14-10-13-29(36)23-30)44(42,43)31-15-8-5-9-16-31/h4-20,23,32H,2-3,21-22,24-25H2,1H3,(H,37,41). The van der Waals surface area contributed by atoms with Crippen LogP contribution in [0.3, 0.4) is 0 Å². The predicted octanol–water partition coefficient (Wildman–Crippen LogP) is 6.75. The number of sulfonamides is 1. The van der Waals surface area contributed by atoms with Crippen LogP contribution in [-0.2, 0) is 32.6 Å². The lowest BCUT2D eigenvalue weighted by Crippen LogP contribution is -2.53. The molecule has 1 atom stereocenters. The summed E-state index contributed by atoms with van der Waals surface area (Å²) in [6.45, 7) is 1.99. The number of halogens is 2. The average molecular weight is 653 g/mol. The molecule has 1 N–H and O–H groups in total. The van der Waals surface area contributed by atoms with E-state index in [9.17, 15) is 18.0 Å². The van der Waals surface area contributed by atoms with Gasteiger partial charge in [-0.25, -0.2) is 8.42 Å². The van der Waals surface area contributed by atoms with Gasteiger partial charge in [0.25, 0.3) is 10.0 Å². The zero-order valence-electron chi connectivity index (χ0n) is 24.4. The van der Waals surface area contributed by atoms with Crippen molar-refractivity contribution in [3.05, 3.63) is 130 Å². The van der Waals surface area contributed by atoms with Crippen molar-refractivity contribution in [3.63, 3.8) is 0 Å². The minimum absolute atomic E-state index is 0.0233. The van der Waals surface area contributed by atoms with Gasteiger partial charge in [-0.15, -0.1) is 0 Å². The second-order valence-electron chi connectivity index (χ2n) is 10.3. The molecule has 4 aromatic rings. The number of carbonyl (C=O) groups is 2. The first-order valence-electron chi connectivity index (χ1n) is 14.4. The van der Waals surface area contributed by atoms with Gasteiger partial charge in [-0.3, -0.25) is 13.9 Å². The number of carbonyl (C=O) groups excluding carboxylic acids is 2. The Kier molecular flexibility index (Phi) is 11.8. The minimum Gasteiger partial charge on any atom is -0.354 e. The Morgan fingerprint density at radius 1 is 0.795 bits per heavy atom. The quantitative estimate of drug-likeness (QED) is 0.153. The average Bonchev–Trinajstić information content (AvgIpc) is 3.03. The molecule has 0 aromatic heterocycles. The van der Waals surface area contributed by atoms with E-state index in [1.807, 2.05) is 37.3 Å². The molecule has 0 bridgehead atoms. The van der Waals surface area contributed by atoms with Gasteiger partial charge in [0.05, 0.1) is 10.6 Å². The Hall–Kier alpha value is -3.85. The topological polar surface area (TPSA) is 86.8 Å². The number of hydrogen-bond donors (Lipinski definition) is 1. The Balaban J connectivity index is 1.78. The highest BCUT2D eigenvalue weighted by atomic mass is 35.5. The number of hydrogen-bond acceptors (Lipinski definition) is 4. The predicted molar refractivity (Wildman–Crippen MR) is 176 cm³/mol. The molecule has 230 valence electrons. The van der Waals surface area contributed by atoms with Crippen LogP contribution in [0.5, 0.6) is 0 Å². The van der Waals surface area contributed by atoms with Crippen molar-refractivity contribution in [2.75, 3.05) is 17.4 Å². The van der Waals surface area contributed by atoms with Crippen molar-refractivity contribution < 1.29 is 18.0 Å². The first kappa shape index (κ1) is 33.1. The maximum absolute atomic E-state index is 14.4. The van der Waals surface area contributed by atoms with E-state index in [1.54, 1.807) is 60.7 Å². The van der Waals surface area contributed by atoms with Gasteiger partial charge in [-0.05, 0) is 60.0 Å². The van der Waals surface area contributed by atoms with Gasteiger partial charge in [-0.2, -0.15) is 0 Å². The number of nitrogens with one attached hydrogen (secondary N) is 1. The molecule has 1 unspecified atom stereocenters. The van der Waals surface area contributed by atoms with Gasteiger partial charge in [0.15, 0.2) is 0 Å². The molecule has 0 aliphatic carbocycles. The molecule has 4 rings (SSSR count). The summed E-state index contributed by atoms with van der Waals surface area (Å²) in [7, 11) is -4.19. The summed E-state index contributed by atoms with van der Waals surface area (Å²) in [5.41, 5.74) is 1.83. The first-order valence-corrected chi connectivity index (χ1v) is 16.6. The SMILES string of the molecule is CCCCNC(=O)C(Cc1ccccc1)N(Cc1ccc(Cl)cc1)C(=O)CN(c1cccc(Cl)c1)S(=O)(=O)c1ccccc1. The Morgan fingerprint density at radius 3 is 2.09 bits per heavy atom. The molecule has 10 heteroatoms. The third-order valence-corrected chi connectivity index (χ3v) is 9.35.